The van der Waals surface area contributed by atoms with E-state index in [0.717, 1.165) is 30.6 Å². The minimum absolute atomic E-state index is 0.0164. The maximum absolute atomic E-state index is 13.1. The molecule has 184 valence electrons. The molecule has 2 aromatic carbocycles. The molecule has 2 aliphatic heterocycles. The Bertz CT molecular complexity index is 1100. The number of ether oxygens (including phenoxy) is 1. The molecule has 35 heavy (non-hydrogen) atoms. The Hall–Kier alpha value is -2.26. The van der Waals surface area contributed by atoms with Crippen molar-refractivity contribution in [3.8, 4) is 0 Å². The summed E-state index contributed by atoms with van der Waals surface area (Å²) in [5.74, 6) is -0.499. The average molecular weight is 533 g/mol. The topological polar surface area (TPSA) is 49.9 Å². The van der Waals surface area contributed by atoms with Gasteiger partial charge in [0.15, 0.2) is 0 Å². The smallest absolute Gasteiger partial charge is 0.266 e. The third kappa shape index (κ3) is 7.13. The van der Waals surface area contributed by atoms with Gasteiger partial charge in [-0.1, -0.05) is 59.8 Å². The van der Waals surface area contributed by atoms with Gasteiger partial charge >= 0.3 is 0 Å². The van der Waals surface area contributed by atoms with E-state index >= 15 is 0 Å². The number of rotatable bonds is 9. The number of benzene rings is 2. The van der Waals surface area contributed by atoms with Crippen LogP contribution in [0.2, 0.25) is 5.02 Å². The summed E-state index contributed by atoms with van der Waals surface area (Å²) < 4.78 is 19.4. The van der Waals surface area contributed by atoms with Gasteiger partial charge in [-0.15, -0.1) is 0 Å². The summed E-state index contributed by atoms with van der Waals surface area (Å²) in [4.78, 5) is 29.8. The Morgan fingerprint density at radius 1 is 1.23 bits per heavy atom. The van der Waals surface area contributed by atoms with Crippen LogP contribution in [0.15, 0.2) is 53.4 Å². The zero-order valence-electron chi connectivity index (χ0n) is 19.1. The van der Waals surface area contributed by atoms with Gasteiger partial charge in [-0.2, -0.15) is 0 Å². The van der Waals surface area contributed by atoms with E-state index in [2.05, 4.69) is 0 Å². The zero-order chi connectivity index (χ0) is 24.8. The minimum atomic E-state index is -0.330. The van der Waals surface area contributed by atoms with Gasteiger partial charge in [0, 0.05) is 37.7 Å². The Balaban J connectivity index is 1.34. The fraction of sp³-hybridized carbons (Fsp3) is 0.346. The highest BCUT2D eigenvalue weighted by Crippen LogP contribution is 2.32. The fourth-order valence-corrected chi connectivity index (χ4v) is 5.48. The second kappa shape index (κ2) is 12.1. The first kappa shape index (κ1) is 25.8. The molecule has 4 rings (SSSR count). The predicted octanol–water partition coefficient (Wildman–Crippen LogP) is 5.67. The number of carbonyl (C=O) groups excluding carboxylic acids is 2. The molecule has 5 nitrogen and oxygen atoms in total. The van der Waals surface area contributed by atoms with Crippen LogP contribution < -0.4 is 0 Å². The molecule has 2 amide bonds. The van der Waals surface area contributed by atoms with Gasteiger partial charge in [0.2, 0.25) is 5.91 Å². The molecule has 0 aromatic heterocycles. The lowest BCUT2D eigenvalue weighted by Gasteiger charge is -2.26. The van der Waals surface area contributed by atoms with Crippen LogP contribution in [-0.4, -0.2) is 51.7 Å². The number of thiocarbonyl (C=S) groups is 1. The van der Waals surface area contributed by atoms with Crippen molar-refractivity contribution in [2.24, 2.45) is 0 Å². The number of halogens is 2. The van der Waals surface area contributed by atoms with Crippen LogP contribution in [0.25, 0.3) is 6.08 Å². The summed E-state index contributed by atoms with van der Waals surface area (Å²) in [7, 11) is 0. The van der Waals surface area contributed by atoms with E-state index in [9.17, 15) is 14.0 Å². The highest BCUT2D eigenvalue weighted by molar-refractivity contribution is 8.26. The quantitative estimate of drug-likeness (QED) is 0.308. The van der Waals surface area contributed by atoms with E-state index < -0.39 is 0 Å². The van der Waals surface area contributed by atoms with Crippen molar-refractivity contribution in [1.82, 2.24) is 9.80 Å². The third-order valence-electron chi connectivity index (χ3n) is 5.90. The van der Waals surface area contributed by atoms with Crippen LogP contribution in [-0.2, 0) is 20.9 Å². The lowest BCUT2D eigenvalue weighted by molar-refractivity contribution is -0.134. The van der Waals surface area contributed by atoms with Gasteiger partial charge in [0.05, 0.1) is 11.0 Å². The van der Waals surface area contributed by atoms with Crippen molar-refractivity contribution < 1.29 is 18.7 Å². The minimum Gasteiger partial charge on any atom is -0.376 e. The van der Waals surface area contributed by atoms with Crippen molar-refractivity contribution in [2.75, 3.05) is 19.7 Å². The standard InChI is InChI=1S/C26H26ClFN2O3S2/c27-20-9-5-19(6-10-20)16-29(17-22-3-2-14-33-22)24(31)4-1-13-30-25(32)23(35-26(30)34)15-18-7-11-21(28)12-8-18/h5-12,15,22H,1-4,13-14,16-17H2/b23-15-. The SMILES string of the molecule is O=C(CCCN1C(=O)/C(=C/c2ccc(F)cc2)SC1=S)N(Cc1ccc(Cl)cc1)CC1CCCO1. The first-order valence-electron chi connectivity index (χ1n) is 11.5. The molecule has 2 heterocycles. The summed E-state index contributed by atoms with van der Waals surface area (Å²) in [5.41, 5.74) is 1.73. The van der Waals surface area contributed by atoms with Crippen LogP contribution in [0.3, 0.4) is 0 Å². The third-order valence-corrected chi connectivity index (χ3v) is 7.53. The van der Waals surface area contributed by atoms with Crippen molar-refractivity contribution in [1.29, 1.82) is 0 Å². The molecule has 0 N–H and O–H groups in total. The number of carbonyl (C=O) groups is 2. The number of amides is 2. The molecule has 2 aromatic rings. The predicted molar refractivity (Wildman–Crippen MR) is 141 cm³/mol. The molecule has 9 heteroatoms. The first-order chi connectivity index (χ1) is 16.9. The van der Waals surface area contributed by atoms with Crippen LogP contribution in [0.5, 0.6) is 0 Å². The number of hydrogen-bond acceptors (Lipinski definition) is 5. The Kier molecular flexibility index (Phi) is 8.94. The molecule has 0 bridgehead atoms. The van der Waals surface area contributed by atoms with Crippen molar-refractivity contribution >= 4 is 57.8 Å². The van der Waals surface area contributed by atoms with E-state index in [-0.39, 0.29) is 23.7 Å². The maximum atomic E-state index is 13.1. The molecule has 2 aliphatic rings. The maximum Gasteiger partial charge on any atom is 0.266 e. The van der Waals surface area contributed by atoms with E-state index in [1.165, 1.54) is 28.8 Å². The average Bonchev–Trinajstić information content (AvgIpc) is 3.45. The van der Waals surface area contributed by atoms with Crippen molar-refractivity contribution in [2.45, 2.75) is 38.3 Å². The molecule has 0 aliphatic carbocycles. The first-order valence-corrected chi connectivity index (χ1v) is 13.1. The van der Waals surface area contributed by atoms with E-state index in [1.807, 2.05) is 29.2 Å². The molecule has 1 atom stereocenters. The second-order valence-electron chi connectivity index (χ2n) is 8.52. The molecule has 2 fully saturated rings. The summed E-state index contributed by atoms with van der Waals surface area (Å²) >= 11 is 12.6. The van der Waals surface area contributed by atoms with Gasteiger partial charge in [-0.25, -0.2) is 4.39 Å². The normalized spacial score (nSPS) is 19.1. The summed E-state index contributed by atoms with van der Waals surface area (Å²) in [6.45, 7) is 2.12. The second-order valence-corrected chi connectivity index (χ2v) is 10.6. The largest absolute Gasteiger partial charge is 0.376 e. The van der Waals surface area contributed by atoms with Gasteiger partial charge in [0.25, 0.3) is 5.91 Å². The molecule has 1 unspecified atom stereocenters. The van der Waals surface area contributed by atoms with Crippen LogP contribution in [0.4, 0.5) is 4.39 Å². The van der Waals surface area contributed by atoms with Gasteiger partial charge in [-0.3, -0.25) is 14.5 Å². The van der Waals surface area contributed by atoms with Crippen molar-refractivity contribution in [3.63, 3.8) is 0 Å². The highest BCUT2D eigenvalue weighted by atomic mass is 35.5. The monoisotopic (exact) mass is 532 g/mol. The van der Waals surface area contributed by atoms with Crippen LogP contribution in [0.1, 0.15) is 36.8 Å². The zero-order valence-corrected chi connectivity index (χ0v) is 21.5. The van der Waals surface area contributed by atoms with E-state index in [0.29, 0.717) is 46.7 Å². The van der Waals surface area contributed by atoms with Gasteiger partial charge in [0.1, 0.15) is 10.1 Å². The fourth-order valence-electron chi connectivity index (χ4n) is 4.05. The molecule has 2 saturated heterocycles. The Labute approximate surface area is 219 Å². The van der Waals surface area contributed by atoms with E-state index in [4.69, 9.17) is 28.6 Å². The Morgan fingerprint density at radius 2 is 1.97 bits per heavy atom. The van der Waals surface area contributed by atoms with Gasteiger partial charge < -0.3 is 9.64 Å². The molecule has 0 spiro atoms. The lowest BCUT2D eigenvalue weighted by atomic mass is 10.1. The summed E-state index contributed by atoms with van der Waals surface area (Å²) in [5, 5.41) is 0.655. The highest BCUT2D eigenvalue weighted by Gasteiger charge is 2.32. The summed E-state index contributed by atoms with van der Waals surface area (Å²) in [6, 6.07) is 13.4. The van der Waals surface area contributed by atoms with Crippen LogP contribution >= 0.6 is 35.6 Å². The van der Waals surface area contributed by atoms with Gasteiger partial charge in [-0.05, 0) is 60.7 Å². The van der Waals surface area contributed by atoms with Crippen molar-refractivity contribution in [3.05, 3.63) is 75.4 Å². The molecule has 0 saturated carbocycles. The number of hydrogen-bond donors (Lipinski definition) is 0. The van der Waals surface area contributed by atoms with E-state index in [1.54, 1.807) is 18.2 Å². The molecule has 0 radical (unpaired) electrons. The molecular weight excluding hydrogens is 507 g/mol. The number of thioether (sulfide) groups is 1. The summed E-state index contributed by atoms with van der Waals surface area (Å²) in [6.07, 6.45) is 4.51. The Morgan fingerprint density at radius 3 is 2.66 bits per heavy atom. The molecular formula is C26H26ClFN2O3S2. The number of nitrogens with zero attached hydrogens (tertiary/aromatic N) is 2. The lowest BCUT2D eigenvalue weighted by Crippen LogP contribution is -2.37. The van der Waals surface area contributed by atoms with Crippen LogP contribution in [0, 0.1) is 5.82 Å².